The first-order chi connectivity index (χ1) is 10.4. The smallest absolute Gasteiger partial charge is 0.143 e. The summed E-state index contributed by atoms with van der Waals surface area (Å²) in [5, 5.41) is 3.60. The molecule has 1 saturated heterocycles. The van der Waals surface area contributed by atoms with Crippen LogP contribution in [0.2, 0.25) is 0 Å². The number of benzene rings is 1. The first-order valence-corrected chi connectivity index (χ1v) is 8.73. The largest absolute Gasteiger partial charge is 0.484 e. The van der Waals surface area contributed by atoms with E-state index >= 15 is 0 Å². The molecule has 1 N–H and O–H groups in total. The second kappa shape index (κ2) is 6.11. The molecule has 1 fully saturated rings. The van der Waals surface area contributed by atoms with Crippen molar-refractivity contribution in [2.75, 3.05) is 24.5 Å². The normalized spacial score (nSPS) is 23.5. The van der Waals surface area contributed by atoms with Crippen molar-refractivity contribution in [2.24, 2.45) is 5.92 Å². The number of hydrogen-bond acceptors (Lipinski definition) is 3. The monoisotopic (exact) mass is 302 g/mol. The molecular formula is C19H30N2O. The minimum Gasteiger partial charge on any atom is -0.484 e. The fourth-order valence-electron chi connectivity index (χ4n) is 3.72. The molecule has 1 atom stereocenters. The van der Waals surface area contributed by atoms with E-state index in [1.165, 1.54) is 30.6 Å². The van der Waals surface area contributed by atoms with Gasteiger partial charge in [-0.2, -0.15) is 0 Å². The molecule has 1 aromatic carbocycles. The van der Waals surface area contributed by atoms with Crippen LogP contribution in [-0.4, -0.2) is 31.3 Å². The van der Waals surface area contributed by atoms with E-state index in [0.29, 0.717) is 12.0 Å². The quantitative estimate of drug-likeness (QED) is 0.919. The van der Waals surface area contributed by atoms with E-state index in [4.69, 9.17) is 4.74 Å². The summed E-state index contributed by atoms with van der Waals surface area (Å²) < 4.78 is 6.20. The Hall–Kier alpha value is -1.22. The molecule has 3 heteroatoms. The van der Waals surface area contributed by atoms with Crippen LogP contribution in [-0.2, 0) is 6.42 Å². The second-order valence-electron chi connectivity index (χ2n) is 7.94. The van der Waals surface area contributed by atoms with Crippen LogP contribution in [0.4, 0.5) is 5.69 Å². The Labute approximate surface area is 135 Å². The zero-order valence-electron chi connectivity index (χ0n) is 14.5. The van der Waals surface area contributed by atoms with Crippen LogP contribution in [0.3, 0.4) is 0 Å². The molecule has 22 heavy (non-hydrogen) atoms. The number of hydrogen-bond donors (Lipinski definition) is 1. The second-order valence-corrected chi connectivity index (χ2v) is 7.94. The maximum atomic E-state index is 6.20. The fraction of sp³-hybridized carbons (Fsp3) is 0.684. The lowest BCUT2D eigenvalue weighted by atomic mass is 9.99. The molecule has 0 saturated carbocycles. The van der Waals surface area contributed by atoms with Crippen molar-refractivity contribution in [1.29, 1.82) is 0 Å². The minimum atomic E-state index is -0.115. The molecule has 1 aromatic rings. The highest BCUT2D eigenvalue weighted by atomic mass is 16.5. The lowest BCUT2D eigenvalue weighted by Crippen LogP contribution is -2.48. The molecule has 0 radical (unpaired) electrons. The minimum absolute atomic E-state index is 0.115. The molecule has 1 unspecified atom stereocenters. The topological polar surface area (TPSA) is 24.5 Å². The summed E-state index contributed by atoms with van der Waals surface area (Å²) in [6.07, 6.45) is 3.74. The molecule has 2 aliphatic rings. The van der Waals surface area contributed by atoms with Gasteiger partial charge in [0.1, 0.15) is 11.4 Å². The molecule has 0 aromatic heterocycles. The van der Waals surface area contributed by atoms with Gasteiger partial charge in [0.15, 0.2) is 0 Å². The van der Waals surface area contributed by atoms with Gasteiger partial charge in [0.25, 0.3) is 0 Å². The van der Waals surface area contributed by atoms with Crippen LogP contribution < -0.4 is 15.0 Å². The van der Waals surface area contributed by atoms with Crippen molar-refractivity contribution in [3.05, 3.63) is 23.8 Å². The third-order valence-corrected chi connectivity index (χ3v) is 4.55. The zero-order chi connectivity index (χ0) is 15.7. The number of anilines is 1. The van der Waals surface area contributed by atoms with Crippen LogP contribution in [0.25, 0.3) is 0 Å². The molecule has 3 nitrogen and oxygen atoms in total. The highest BCUT2D eigenvalue weighted by Gasteiger charge is 2.32. The Morgan fingerprint density at radius 1 is 1.36 bits per heavy atom. The van der Waals surface area contributed by atoms with Gasteiger partial charge in [0.05, 0.1) is 12.2 Å². The first-order valence-electron chi connectivity index (χ1n) is 8.73. The standard InChI is InChI=1S/C19H30N2O/c1-14(2)12-21-13-19(3,4)22-18-8-7-15(11-17(18)21)10-16-6-5-9-20-16/h7-8,11,14,16,20H,5-6,9-10,12-13H2,1-4H3. The van der Waals surface area contributed by atoms with Crippen molar-refractivity contribution < 1.29 is 4.74 Å². The van der Waals surface area contributed by atoms with E-state index in [9.17, 15) is 0 Å². The highest BCUT2D eigenvalue weighted by molar-refractivity contribution is 5.62. The predicted octanol–water partition coefficient (Wildman–Crippen LogP) is 3.61. The molecule has 2 aliphatic heterocycles. The van der Waals surface area contributed by atoms with Gasteiger partial charge in [-0.15, -0.1) is 0 Å². The molecule has 3 rings (SSSR count). The van der Waals surface area contributed by atoms with Gasteiger partial charge in [-0.05, 0) is 63.3 Å². The Kier molecular flexibility index (Phi) is 4.35. The summed E-state index contributed by atoms with van der Waals surface area (Å²) in [5.74, 6) is 1.70. The predicted molar refractivity (Wildman–Crippen MR) is 92.9 cm³/mol. The van der Waals surface area contributed by atoms with Crippen molar-refractivity contribution in [1.82, 2.24) is 5.32 Å². The van der Waals surface area contributed by atoms with Crippen LogP contribution in [0.5, 0.6) is 5.75 Å². The van der Waals surface area contributed by atoms with Crippen molar-refractivity contribution >= 4 is 5.69 Å². The van der Waals surface area contributed by atoms with E-state index in [2.05, 4.69) is 56.1 Å². The van der Waals surface area contributed by atoms with Crippen molar-refractivity contribution in [3.63, 3.8) is 0 Å². The lowest BCUT2D eigenvalue weighted by molar-refractivity contribution is 0.104. The third kappa shape index (κ3) is 3.57. The van der Waals surface area contributed by atoms with Crippen molar-refractivity contribution in [2.45, 2.75) is 58.6 Å². The summed E-state index contributed by atoms with van der Waals surface area (Å²) in [5.41, 5.74) is 2.59. The molecular weight excluding hydrogens is 272 g/mol. The Bertz CT molecular complexity index is 518. The average molecular weight is 302 g/mol. The number of rotatable bonds is 4. The molecule has 0 amide bonds. The Morgan fingerprint density at radius 2 is 2.18 bits per heavy atom. The third-order valence-electron chi connectivity index (χ3n) is 4.55. The molecule has 0 aliphatic carbocycles. The van der Waals surface area contributed by atoms with Crippen LogP contribution >= 0.6 is 0 Å². The number of ether oxygens (including phenoxy) is 1. The first kappa shape index (κ1) is 15.7. The maximum Gasteiger partial charge on any atom is 0.143 e. The zero-order valence-corrected chi connectivity index (χ0v) is 14.5. The van der Waals surface area contributed by atoms with E-state index in [1.807, 2.05) is 0 Å². The van der Waals surface area contributed by atoms with Gasteiger partial charge < -0.3 is 15.0 Å². The molecule has 0 spiro atoms. The number of nitrogens with one attached hydrogen (secondary N) is 1. The summed E-state index contributed by atoms with van der Waals surface area (Å²) in [6.45, 7) is 12.2. The van der Waals surface area contributed by atoms with Gasteiger partial charge in [-0.25, -0.2) is 0 Å². The summed E-state index contributed by atoms with van der Waals surface area (Å²) in [7, 11) is 0. The Morgan fingerprint density at radius 3 is 2.86 bits per heavy atom. The fourth-order valence-corrected chi connectivity index (χ4v) is 3.72. The summed E-state index contributed by atoms with van der Waals surface area (Å²) >= 11 is 0. The van der Waals surface area contributed by atoms with E-state index in [1.54, 1.807) is 0 Å². The van der Waals surface area contributed by atoms with E-state index in [0.717, 1.165) is 25.3 Å². The molecule has 2 heterocycles. The lowest BCUT2D eigenvalue weighted by Gasteiger charge is -2.42. The average Bonchev–Trinajstić information content (AvgIpc) is 2.90. The Balaban J connectivity index is 1.84. The van der Waals surface area contributed by atoms with Gasteiger partial charge in [0, 0.05) is 12.6 Å². The summed E-state index contributed by atoms with van der Waals surface area (Å²) in [6, 6.07) is 7.42. The summed E-state index contributed by atoms with van der Waals surface area (Å²) in [4.78, 5) is 2.51. The van der Waals surface area contributed by atoms with Gasteiger partial charge in [0.2, 0.25) is 0 Å². The van der Waals surface area contributed by atoms with Crippen LogP contribution in [0.1, 0.15) is 46.1 Å². The number of fused-ring (bicyclic) bond motifs is 1. The van der Waals surface area contributed by atoms with Gasteiger partial charge in [-0.1, -0.05) is 19.9 Å². The number of nitrogens with zero attached hydrogens (tertiary/aromatic N) is 1. The van der Waals surface area contributed by atoms with E-state index < -0.39 is 0 Å². The SMILES string of the molecule is CC(C)CN1CC(C)(C)Oc2ccc(CC3CCCN3)cc21. The van der Waals surface area contributed by atoms with Gasteiger partial charge in [-0.3, -0.25) is 0 Å². The highest BCUT2D eigenvalue weighted by Crippen LogP contribution is 2.38. The van der Waals surface area contributed by atoms with E-state index in [-0.39, 0.29) is 5.60 Å². The van der Waals surface area contributed by atoms with Crippen LogP contribution in [0, 0.1) is 5.92 Å². The molecule has 0 bridgehead atoms. The van der Waals surface area contributed by atoms with Gasteiger partial charge >= 0.3 is 0 Å². The van der Waals surface area contributed by atoms with Crippen molar-refractivity contribution in [3.8, 4) is 5.75 Å². The molecule has 122 valence electrons. The van der Waals surface area contributed by atoms with Crippen LogP contribution in [0.15, 0.2) is 18.2 Å². The maximum absolute atomic E-state index is 6.20.